The van der Waals surface area contributed by atoms with Crippen LogP contribution in [-0.2, 0) is 6.54 Å². The average Bonchev–Trinajstić information content (AvgIpc) is 2.60. The van der Waals surface area contributed by atoms with E-state index in [0.717, 1.165) is 6.42 Å². The van der Waals surface area contributed by atoms with Gasteiger partial charge in [0.1, 0.15) is 11.5 Å². The Morgan fingerprint density at radius 3 is 2.60 bits per heavy atom. The summed E-state index contributed by atoms with van der Waals surface area (Å²) in [5, 5.41) is 5.42. The van der Waals surface area contributed by atoms with Gasteiger partial charge < -0.3 is 10.6 Å². The number of amides is 2. The maximum atomic E-state index is 13.6. The third kappa shape index (κ3) is 5.67. The van der Waals surface area contributed by atoms with Crippen molar-refractivity contribution in [1.29, 1.82) is 0 Å². The lowest BCUT2D eigenvalue weighted by Crippen LogP contribution is -2.27. The van der Waals surface area contributed by atoms with E-state index in [9.17, 15) is 14.0 Å². The highest BCUT2D eigenvalue weighted by molar-refractivity contribution is 5.98. The molecule has 1 heterocycles. The van der Waals surface area contributed by atoms with Gasteiger partial charge in [0.15, 0.2) is 0 Å². The van der Waals surface area contributed by atoms with Gasteiger partial charge >= 0.3 is 0 Å². The van der Waals surface area contributed by atoms with E-state index in [1.807, 2.05) is 0 Å². The molecule has 0 saturated carbocycles. The fraction of sp³-hybridized carbons (Fsp3) is 0.316. The molecule has 0 aliphatic heterocycles. The molecule has 6 heteroatoms. The largest absolute Gasteiger partial charge is 0.351 e. The number of hydrogen-bond donors (Lipinski definition) is 2. The molecule has 2 N–H and O–H groups in total. The molecule has 0 radical (unpaired) electrons. The second-order valence-electron chi connectivity index (χ2n) is 6.14. The van der Waals surface area contributed by atoms with Crippen LogP contribution >= 0.6 is 0 Å². The fourth-order valence-electron chi connectivity index (χ4n) is 2.18. The van der Waals surface area contributed by atoms with E-state index in [2.05, 4.69) is 29.5 Å². The standard InChI is InChI=1S/C19H22FN3O2/c1-13(2)7-9-22-19(25)17-11-14(8-10-21-17)18(24)23-12-15-5-3-4-6-16(15)20/h3-6,8,10-11,13H,7,9,12H2,1-2H3,(H,22,25)(H,23,24). The van der Waals surface area contributed by atoms with E-state index in [-0.39, 0.29) is 29.9 Å². The third-order valence-corrected chi connectivity index (χ3v) is 3.66. The zero-order chi connectivity index (χ0) is 18.2. The average molecular weight is 343 g/mol. The number of aromatic nitrogens is 1. The second-order valence-corrected chi connectivity index (χ2v) is 6.14. The van der Waals surface area contributed by atoms with Gasteiger partial charge in [-0.05, 0) is 30.5 Å². The van der Waals surface area contributed by atoms with E-state index in [4.69, 9.17) is 0 Å². The summed E-state index contributed by atoms with van der Waals surface area (Å²) in [5.74, 6) is -0.585. The Morgan fingerprint density at radius 1 is 1.12 bits per heavy atom. The first-order valence-corrected chi connectivity index (χ1v) is 8.23. The van der Waals surface area contributed by atoms with Crippen LogP contribution < -0.4 is 10.6 Å². The van der Waals surface area contributed by atoms with Gasteiger partial charge in [0.25, 0.3) is 11.8 Å². The second kappa shape index (κ2) is 8.92. The molecule has 5 nitrogen and oxygen atoms in total. The van der Waals surface area contributed by atoms with Gasteiger partial charge in [0.05, 0.1) is 0 Å². The third-order valence-electron chi connectivity index (χ3n) is 3.66. The molecule has 0 aliphatic rings. The molecule has 0 unspecified atom stereocenters. The van der Waals surface area contributed by atoms with Gasteiger partial charge in [-0.3, -0.25) is 14.6 Å². The van der Waals surface area contributed by atoms with Crippen LogP contribution in [0.5, 0.6) is 0 Å². The molecule has 25 heavy (non-hydrogen) atoms. The summed E-state index contributed by atoms with van der Waals surface area (Å²) in [7, 11) is 0. The van der Waals surface area contributed by atoms with E-state index in [0.29, 0.717) is 23.6 Å². The van der Waals surface area contributed by atoms with Crippen LogP contribution in [0.15, 0.2) is 42.6 Å². The fourth-order valence-corrected chi connectivity index (χ4v) is 2.18. The van der Waals surface area contributed by atoms with Crippen molar-refractivity contribution in [3.8, 4) is 0 Å². The van der Waals surface area contributed by atoms with Crippen molar-refractivity contribution in [2.24, 2.45) is 5.92 Å². The van der Waals surface area contributed by atoms with Crippen LogP contribution in [0.2, 0.25) is 0 Å². The van der Waals surface area contributed by atoms with E-state index in [1.54, 1.807) is 18.2 Å². The lowest BCUT2D eigenvalue weighted by atomic mass is 10.1. The summed E-state index contributed by atoms with van der Waals surface area (Å²) < 4.78 is 13.6. The molecule has 0 bridgehead atoms. The highest BCUT2D eigenvalue weighted by Crippen LogP contribution is 2.07. The number of carbonyl (C=O) groups excluding carboxylic acids is 2. The van der Waals surface area contributed by atoms with Crippen LogP contribution in [0.4, 0.5) is 4.39 Å². The molecule has 2 aromatic rings. The van der Waals surface area contributed by atoms with Crippen molar-refractivity contribution in [1.82, 2.24) is 15.6 Å². The van der Waals surface area contributed by atoms with Gasteiger partial charge in [-0.15, -0.1) is 0 Å². The summed E-state index contributed by atoms with van der Waals surface area (Å²) in [5.41, 5.74) is 0.888. The number of pyridine rings is 1. The number of hydrogen-bond acceptors (Lipinski definition) is 3. The SMILES string of the molecule is CC(C)CCNC(=O)c1cc(C(=O)NCc2ccccc2F)ccn1. The minimum absolute atomic E-state index is 0.0732. The molecule has 2 rings (SSSR count). The molecule has 2 amide bonds. The first-order chi connectivity index (χ1) is 12.0. The number of nitrogens with zero attached hydrogens (tertiary/aromatic N) is 1. The van der Waals surface area contributed by atoms with E-state index < -0.39 is 0 Å². The lowest BCUT2D eigenvalue weighted by molar-refractivity contribution is 0.0947. The summed E-state index contributed by atoms with van der Waals surface area (Å²) in [4.78, 5) is 28.3. The molecular formula is C19H22FN3O2. The zero-order valence-corrected chi connectivity index (χ0v) is 14.4. The van der Waals surface area contributed by atoms with Gasteiger partial charge in [0, 0.05) is 30.4 Å². The van der Waals surface area contributed by atoms with Gasteiger partial charge in [0.2, 0.25) is 0 Å². The zero-order valence-electron chi connectivity index (χ0n) is 14.4. The highest BCUT2D eigenvalue weighted by atomic mass is 19.1. The first-order valence-electron chi connectivity index (χ1n) is 8.23. The topological polar surface area (TPSA) is 71.1 Å². The van der Waals surface area contributed by atoms with Crippen molar-refractivity contribution < 1.29 is 14.0 Å². The number of carbonyl (C=O) groups is 2. The number of halogens is 1. The molecule has 0 saturated heterocycles. The number of benzene rings is 1. The van der Waals surface area contributed by atoms with Crippen LogP contribution in [0, 0.1) is 11.7 Å². The molecule has 1 aromatic carbocycles. The van der Waals surface area contributed by atoms with Crippen molar-refractivity contribution in [2.45, 2.75) is 26.8 Å². The first kappa shape index (κ1) is 18.6. The summed E-state index contributed by atoms with van der Waals surface area (Å²) in [6.07, 6.45) is 2.28. The number of rotatable bonds is 7. The Bertz CT molecular complexity index is 747. The smallest absolute Gasteiger partial charge is 0.269 e. The summed E-state index contributed by atoms with van der Waals surface area (Å²) in [6.45, 7) is 4.78. The molecule has 132 valence electrons. The summed E-state index contributed by atoms with van der Waals surface area (Å²) in [6, 6.07) is 9.19. The van der Waals surface area contributed by atoms with Crippen LogP contribution in [0.25, 0.3) is 0 Å². The predicted octanol–water partition coefficient (Wildman–Crippen LogP) is 2.93. The van der Waals surface area contributed by atoms with Gasteiger partial charge in [-0.25, -0.2) is 4.39 Å². The number of nitrogens with one attached hydrogen (secondary N) is 2. The molecular weight excluding hydrogens is 321 g/mol. The molecule has 0 fully saturated rings. The Kier molecular flexibility index (Phi) is 6.62. The van der Waals surface area contributed by atoms with Crippen LogP contribution in [0.1, 0.15) is 46.7 Å². The lowest BCUT2D eigenvalue weighted by Gasteiger charge is -2.09. The van der Waals surface area contributed by atoms with Crippen molar-refractivity contribution >= 4 is 11.8 Å². The Hall–Kier alpha value is -2.76. The summed E-state index contributed by atoms with van der Waals surface area (Å²) >= 11 is 0. The quantitative estimate of drug-likeness (QED) is 0.812. The monoisotopic (exact) mass is 343 g/mol. The van der Waals surface area contributed by atoms with Crippen molar-refractivity contribution in [3.63, 3.8) is 0 Å². The molecule has 0 atom stereocenters. The van der Waals surface area contributed by atoms with Crippen LogP contribution in [0.3, 0.4) is 0 Å². The highest BCUT2D eigenvalue weighted by Gasteiger charge is 2.12. The van der Waals surface area contributed by atoms with Crippen molar-refractivity contribution in [3.05, 3.63) is 65.2 Å². The predicted molar refractivity (Wildman–Crippen MR) is 93.6 cm³/mol. The Morgan fingerprint density at radius 2 is 1.88 bits per heavy atom. The van der Waals surface area contributed by atoms with E-state index in [1.165, 1.54) is 24.4 Å². The minimum Gasteiger partial charge on any atom is -0.351 e. The minimum atomic E-state index is -0.387. The van der Waals surface area contributed by atoms with Crippen molar-refractivity contribution in [2.75, 3.05) is 6.54 Å². The maximum Gasteiger partial charge on any atom is 0.269 e. The normalized spacial score (nSPS) is 10.6. The molecule has 1 aromatic heterocycles. The Balaban J connectivity index is 1.96. The molecule has 0 aliphatic carbocycles. The molecule has 0 spiro atoms. The van der Waals surface area contributed by atoms with Gasteiger partial charge in [-0.2, -0.15) is 0 Å². The maximum absolute atomic E-state index is 13.6. The van der Waals surface area contributed by atoms with Gasteiger partial charge in [-0.1, -0.05) is 32.0 Å². The Labute approximate surface area is 146 Å². The van der Waals surface area contributed by atoms with Crippen LogP contribution in [-0.4, -0.2) is 23.3 Å². The van der Waals surface area contributed by atoms with E-state index >= 15 is 0 Å².